The number of nitriles is 1. The third-order valence-electron chi connectivity index (χ3n) is 3.83. The van der Waals surface area contributed by atoms with Gasteiger partial charge in [0.05, 0.1) is 11.0 Å². The second-order valence-corrected chi connectivity index (χ2v) is 5.13. The standard InChI is InChI=1S/C14H17N3O3/c1-10-7-11(3-4-13(10)17(18)19)20-12-5-6-14(8-12,9-15)16-2/h3-4,7,12,16H,5-6,8H2,1-2H3. The fourth-order valence-electron chi connectivity index (χ4n) is 2.58. The molecule has 6 nitrogen and oxygen atoms in total. The molecule has 0 amide bonds. The van der Waals surface area contributed by atoms with Gasteiger partial charge in [-0.15, -0.1) is 0 Å². The van der Waals surface area contributed by atoms with Gasteiger partial charge < -0.3 is 10.1 Å². The first-order valence-electron chi connectivity index (χ1n) is 6.51. The molecule has 6 heteroatoms. The molecule has 1 saturated carbocycles. The molecule has 20 heavy (non-hydrogen) atoms. The molecule has 1 aliphatic rings. The molecule has 2 unspecified atom stereocenters. The topological polar surface area (TPSA) is 88.2 Å². The van der Waals surface area contributed by atoms with Crippen molar-refractivity contribution in [2.45, 2.75) is 37.8 Å². The van der Waals surface area contributed by atoms with Crippen LogP contribution in [0.3, 0.4) is 0 Å². The number of nitrogens with one attached hydrogen (secondary N) is 1. The van der Waals surface area contributed by atoms with Crippen molar-refractivity contribution in [1.29, 1.82) is 5.26 Å². The summed E-state index contributed by atoms with van der Waals surface area (Å²) >= 11 is 0. The number of nitrogens with zero attached hydrogens (tertiary/aromatic N) is 2. The Labute approximate surface area is 117 Å². The van der Waals surface area contributed by atoms with Crippen LogP contribution in [0.2, 0.25) is 0 Å². The van der Waals surface area contributed by atoms with E-state index in [0.29, 0.717) is 17.7 Å². The summed E-state index contributed by atoms with van der Waals surface area (Å²) in [5.74, 6) is 0.614. The van der Waals surface area contributed by atoms with E-state index in [1.165, 1.54) is 6.07 Å². The highest BCUT2D eigenvalue weighted by atomic mass is 16.6. The summed E-state index contributed by atoms with van der Waals surface area (Å²) in [5, 5.41) is 23.0. The van der Waals surface area contributed by atoms with Gasteiger partial charge in [-0.05, 0) is 38.9 Å². The molecule has 1 N–H and O–H groups in total. The Morgan fingerprint density at radius 2 is 2.35 bits per heavy atom. The molecule has 1 fully saturated rings. The first kappa shape index (κ1) is 14.3. The SMILES string of the molecule is CNC1(C#N)CCC(Oc2ccc([N+](=O)[O-])c(C)c2)C1. The van der Waals surface area contributed by atoms with Crippen molar-refractivity contribution in [1.82, 2.24) is 5.32 Å². The van der Waals surface area contributed by atoms with Crippen LogP contribution in [-0.4, -0.2) is 23.6 Å². The first-order chi connectivity index (χ1) is 9.49. The molecule has 1 aliphatic carbocycles. The van der Waals surface area contributed by atoms with Crippen LogP contribution in [0.15, 0.2) is 18.2 Å². The summed E-state index contributed by atoms with van der Waals surface area (Å²) in [4.78, 5) is 10.4. The molecular formula is C14H17N3O3. The lowest BCUT2D eigenvalue weighted by atomic mass is 10.0. The maximum atomic E-state index is 10.8. The maximum Gasteiger partial charge on any atom is 0.272 e. The van der Waals surface area contributed by atoms with E-state index in [-0.39, 0.29) is 11.8 Å². The zero-order chi connectivity index (χ0) is 14.8. The van der Waals surface area contributed by atoms with Crippen LogP contribution in [0.25, 0.3) is 0 Å². The normalized spacial score (nSPS) is 25.1. The Bertz CT molecular complexity index is 567. The summed E-state index contributed by atoms with van der Waals surface area (Å²) in [6.07, 6.45) is 2.12. The van der Waals surface area contributed by atoms with E-state index in [1.807, 2.05) is 0 Å². The fraction of sp³-hybridized carbons (Fsp3) is 0.500. The van der Waals surface area contributed by atoms with Gasteiger partial charge in [0.15, 0.2) is 0 Å². The number of benzene rings is 1. The highest BCUT2D eigenvalue weighted by Crippen LogP contribution is 2.33. The highest BCUT2D eigenvalue weighted by molar-refractivity contribution is 5.44. The van der Waals surface area contributed by atoms with Gasteiger partial charge in [-0.2, -0.15) is 5.26 Å². The van der Waals surface area contributed by atoms with Crippen molar-refractivity contribution in [2.75, 3.05) is 7.05 Å². The quantitative estimate of drug-likeness (QED) is 0.673. The monoisotopic (exact) mass is 275 g/mol. The van der Waals surface area contributed by atoms with Crippen LogP contribution in [-0.2, 0) is 0 Å². The molecule has 0 bridgehead atoms. The molecule has 0 heterocycles. The van der Waals surface area contributed by atoms with Gasteiger partial charge in [-0.1, -0.05) is 0 Å². The smallest absolute Gasteiger partial charge is 0.272 e. The Morgan fingerprint density at radius 1 is 1.60 bits per heavy atom. The Balaban J connectivity index is 2.07. The van der Waals surface area contributed by atoms with Crippen LogP contribution in [0.5, 0.6) is 5.75 Å². The summed E-state index contributed by atoms with van der Waals surface area (Å²) in [5.41, 5.74) is 0.150. The van der Waals surface area contributed by atoms with E-state index in [1.54, 1.807) is 26.1 Å². The molecule has 2 atom stereocenters. The van der Waals surface area contributed by atoms with Crippen molar-refractivity contribution in [2.24, 2.45) is 0 Å². The predicted octanol–water partition coefficient (Wildman–Crippen LogP) is 2.32. The lowest BCUT2D eigenvalue weighted by molar-refractivity contribution is -0.385. The molecular weight excluding hydrogens is 258 g/mol. The molecule has 2 rings (SSSR count). The second-order valence-electron chi connectivity index (χ2n) is 5.13. The van der Waals surface area contributed by atoms with E-state index < -0.39 is 10.5 Å². The van der Waals surface area contributed by atoms with Gasteiger partial charge in [0.1, 0.15) is 17.4 Å². The van der Waals surface area contributed by atoms with Crippen molar-refractivity contribution < 1.29 is 9.66 Å². The van der Waals surface area contributed by atoms with Gasteiger partial charge in [0, 0.05) is 18.1 Å². The van der Waals surface area contributed by atoms with Crippen molar-refractivity contribution in [3.63, 3.8) is 0 Å². The minimum absolute atomic E-state index is 0.0389. The third kappa shape index (κ3) is 2.73. The van der Waals surface area contributed by atoms with Gasteiger partial charge in [-0.25, -0.2) is 0 Å². The summed E-state index contributed by atoms with van der Waals surface area (Å²) < 4.78 is 5.84. The number of hydrogen-bond donors (Lipinski definition) is 1. The van der Waals surface area contributed by atoms with Crippen LogP contribution in [0, 0.1) is 28.4 Å². The Morgan fingerprint density at radius 3 is 2.85 bits per heavy atom. The van der Waals surface area contributed by atoms with Crippen LogP contribution >= 0.6 is 0 Å². The van der Waals surface area contributed by atoms with Gasteiger partial charge >= 0.3 is 0 Å². The van der Waals surface area contributed by atoms with Crippen LogP contribution in [0.1, 0.15) is 24.8 Å². The number of ether oxygens (including phenoxy) is 1. The third-order valence-corrected chi connectivity index (χ3v) is 3.83. The average Bonchev–Trinajstić information content (AvgIpc) is 2.82. The van der Waals surface area contributed by atoms with Crippen molar-refractivity contribution in [3.8, 4) is 11.8 Å². The van der Waals surface area contributed by atoms with E-state index in [2.05, 4.69) is 11.4 Å². The van der Waals surface area contributed by atoms with Crippen LogP contribution < -0.4 is 10.1 Å². The summed E-state index contributed by atoms with van der Waals surface area (Å²) in [6.45, 7) is 1.69. The predicted molar refractivity (Wildman–Crippen MR) is 73.5 cm³/mol. The molecule has 0 radical (unpaired) electrons. The van der Waals surface area contributed by atoms with E-state index in [9.17, 15) is 15.4 Å². The lowest BCUT2D eigenvalue weighted by Gasteiger charge is -2.20. The first-order valence-corrected chi connectivity index (χ1v) is 6.51. The summed E-state index contributed by atoms with van der Waals surface area (Å²) in [7, 11) is 1.78. The largest absolute Gasteiger partial charge is 0.490 e. The van der Waals surface area contributed by atoms with Crippen LogP contribution in [0.4, 0.5) is 5.69 Å². The number of nitro groups is 1. The van der Waals surface area contributed by atoms with Crippen molar-refractivity contribution >= 4 is 5.69 Å². The Kier molecular flexibility index (Phi) is 3.91. The second kappa shape index (κ2) is 5.47. The van der Waals surface area contributed by atoms with Gasteiger partial charge in [0.25, 0.3) is 5.69 Å². The fourth-order valence-corrected chi connectivity index (χ4v) is 2.58. The number of nitro benzene ring substituents is 1. The molecule has 1 aromatic rings. The van der Waals surface area contributed by atoms with Gasteiger partial charge in [0.2, 0.25) is 0 Å². The molecule has 0 spiro atoms. The number of rotatable bonds is 4. The number of hydrogen-bond acceptors (Lipinski definition) is 5. The van der Waals surface area contributed by atoms with Gasteiger partial charge in [-0.3, -0.25) is 10.1 Å². The highest BCUT2D eigenvalue weighted by Gasteiger charge is 2.39. The molecule has 1 aromatic carbocycles. The maximum absolute atomic E-state index is 10.8. The van der Waals surface area contributed by atoms with E-state index in [0.717, 1.165) is 12.8 Å². The number of aryl methyl sites for hydroxylation is 1. The summed E-state index contributed by atoms with van der Waals surface area (Å²) in [6, 6.07) is 7.03. The molecule has 0 aliphatic heterocycles. The van der Waals surface area contributed by atoms with E-state index in [4.69, 9.17) is 4.74 Å². The minimum atomic E-state index is -0.513. The zero-order valence-corrected chi connectivity index (χ0v) is 11.5. The molecule has 106 valence electrons. The zero-order valence-electron chi connectivity index (χ0n) is 11.5. The van der Waals surface area contributed by atoms with Crippen molar-refractivity contribution in [3.05, 3.63) is 33.9 Å². The lowest BCUT2D eigenvalue weighted by Crippen LogP contribution is -2.39. The molecule has 0 saturated heterocycles. The molecule has 0 aromatic heterocycles. The Hall–Kier alpha value is -2.13. The van der Waals surface area contributed by atoms with E-state index >= 15 is 0 Å². The average molecular weight is 275 g/mol. The minimum Gasteiger partial charge on any atom is -0.490 e.